The van der Waals surface area contributed by atoms with Gasteiger partial charge in [0, 0.05) is 30.1 Å². The maximum atomic E-state index is 13.6. The average Bonchev–Trinajstić information content (AvgIpc) is 3.56. The van der Waals surface area contributed by atoms with Crippen molar-refractivity contribution in [3.8, 4) is 0 Å². The zero-order valence-electron chi connectivity index (χ0n) is 30.6. The second kappa shape index (κ2) is 16.1. The maximum Gasteiger partial charge on any atom is 0.407 e. The average molecular weight is 713 g/mol. The van der Waals surface area contributed by atoms with Gasteiger partial charge < -0.3 is 20.4 Å². The van der Waals surface area contributed by atoms with Crippen LogP contribution >= 0.6 is 11.8 Å². The summed E-state index contributed by atoms with van der Waals surface area (Å²) < 4.78 is 5.20. The Morgan fingerprint density at radius 2 is 1.35 bits per heavy atom. The normalized spacial score (nSPS) is 13.3. The zero-order chi connectivity index (χ0) is 36.7. The number of hydrogen-bond donors (Lipinski definition) is 3. The lowest BCUT2D eigenvalue weighted by Crippen LogP contribution is -2.50. The third-order valence-electron chi connectivity index (χ3n) is 9.42. The summed E-state index contributed by atoms with van der Waals surface area (Å²) in [5.41, 5.74) is 12.1. The monoisotopic (exact) mass is 712 g/mol. The smallest absolute Gasteiger partial charge is 0.407 e. The summed E-state index contributed by atoms with van der Waals surface area (Å²) in [4.78, 5) is 26.8. The van der Waals surface area contributed by atoms with E-state index >= 15 is 0 Å². The van der Waals surface area contributed by atoms with Crippen molar-refractivity contribution in [3.63, 3.8) is 0 Å². The Morgan fingerprint density at radius 1 is 0.769 bits per heavy atom. The maximum absolute atomic E-state index is 13.6. The van der Waals surface area contributed by atoms with E-state index in [4.69, 9.17) is 4.74 Å². The predicted octanol–water partition coefficient (Wildman–Crippen LogP) is 9.04. The van der Waals surface area contributed by atoms with Gasteiger partial charge in [-0.1, -0.05) is 109 Å². The molecule has 7 nitrogen and oxygen atoms in total. The number of nitrogens with zero attached hydrogens (tertiary/aromatic N) is 1. The van der Waals surface area contributed by atoms with Gasteiger partial charge in [-0.2, -0.15) is 0 Å². The number of amides is 2. The Hall–Kier alpha value is -5.05. The van der Waals surface area contributed by atoms with Crippen molar-refractivity contribution in [2.75, 3.05) is 29.2 Å². The largest absolute Gasteiger partial charge is 0.444 e. The molecule has 0 radical (unpaired) electrons. The van der Waals surface area contributed by atoms with Gasteiger partial charge in [0.05, 0.1) is 16.5 Å². The van der Waals surface area contributed by atoms with E-state index in [1.807, 2.05) is 89.2 Å². The number of hydrogen-bond acceptors (Lipinski definition) is 6. The summed E-state index contributed by atoms with van der Waals surface area (Å²) in [6, 6.07) is 43.2. The Morgan fingerprint density at radius 3 is 1.92 bits per heavy atom. The second-order valence-corrected chi connectivity index (χ2v) is 15.4. The molecule has 0 fully saturated rings. The highest BCUT2D eigenvalue weighted by Crippen LogP contribution is 2.48. The highest BCUT2D eigenvalue weighted by molar-refractivity contribution is 8.00. The molecule has 268 valence electrons. The quantitative estimate of drug-likeness (QED) is 0.112. The van der Waals surface area contributed by atoms with Crippen LogP contribution in [-0.2, 0) is 15.9 Å². The molecule has 3 N–H and O–H groups in total. The Bertz CT molecular complexity index is 1880. The first kappa shape index (κ1) is 36.7. The molecule has 0 aliphatic carbocycles. The standard InChI is InChI=1S/C44H48N4O3S/c1-31-17-15-25-39(32(31)2)47-41(49)38-24-16-26-40-37(38)27-28-48(40)45-29-36(46-42(50)51-43(3,4)5)30-52-44(33-18-9-6-10-19-33,34-20-11-7-12-21-34)35-22-13-8-14-23-35/h6-26,36,45H,27-30H2,1-5H3,(H,46,50)(H,47,49)/t36-/m1/s1. The first-order valence-corrected chi connectivity index (χ1v) is 18.8. The number of carbonyl (C=O) groups is 2. The summed E-state index contributed by atoms with van der Waals surface area (Å²) >= 11 is 1.79. The summed E-state index contributed by atoms with van der Waals surface area (Å²) in [5.74, 6) is 0.455. The molecule has 0 saturated carbocycles. The summed E-state index contributed by atoms with van der Waals surface area (Å²) in [6.45, 7) is 10.8. The minimum absolute atomic E-state index is 0.118. The molecule has 0 spiro atoms. The van der Waals surface area contributed by atoms with Gasteiger partial charge in [0.2, 0.25) is 0 Å². The highest BCUT2D eigenvalue weighted by atomic mass is 32.2. The fourth-order valence-corrected chi connectivity index (χ4v) is 8.29. The summed E-state index contributed by atoms with van der Waals surface area (Å²) in [5, 5.41) is 8.41. The molecule has 8 heteroatoms. The van der Waals surface area contributed by atoms with Crippen molar-refractivity contribution in [1.82, 2.24) is 10.7 Å². The molecule has 0 saturated heterocycles. The predicted molar refractivity (Wildman–Crippen MR) is 214 cm³/mol. The molecule has 1 aliphatic rings. The van der Waals surface area contributed by atoms with Crippen LogP contribution in [0.2, 0.25) is 0 Å². The molecule has 1 atom stereocenters. The number of nitrogens with one attached hydrogen (secondary N) is 3. The first-order chi connectivity index (χ1) is 25.0. The van der Waals surface area contributed by atoms with Gasteiger partial charge in [0.25, 0.3) is 5.91 Å². The molecule has 6 rings (SSSR count). The van der Waals surface area contributed by atoms with Crippen molar-refractivity contribution >= 4 is 35.1 Å². The van der Waals surface area contributed by atoms with E-state index in [-0.39, 0.29) is 11.9 Å². The Kier molecular flexibility index (Phi) is 11.4. The lowest BCUT2D eigenvalue weighted by molar-refractivity contribution is 0.0509. The highest BCUT2D eigenvalue weighted by Gasteiger charge is 2.38. The van der Waals surface area contributed by atoms with Crippen molar-refractivity contribution in [1.29, 1.82) is 0 Å². The Balaban J connectivity index is 1.26. The van der Waals surface area contributed by atoms with Gasteiger partial charge in [-0.3, -0.25) is 4.79 Å². The number of carbonyl (C=O) groups excluding carboxylic acids is 2. The number of fused-ring (bicyclic) bond motifs is 1. The molecule has 1 heterocycles. The molecular formula is C44H48N4O3S. The number of alkyl carbamates (subject to hydrolysis) is 1. The van der Waals surface area contributed by atoms with E-state index in [0.717, 1.165) is 51.2 Å². The zero-order valence-corrected chi connectivity index (χ0v) is 31.4. The van der Waals surface area contributed by atoms with Gasteiger partial charge in [0.15, 0.2) is 0 Å². The minimum Gasteiger partial charge on any atom is -0.444 e. The minimum atomic E-state index is -0.640. The van der Waals surface area contributed by atoms with Crippen LogP contribution in [0.1, 0.15) is 64.5 Å². The van der Waals surface area contributed by atoms with Crippen LogP contribution in [0.25, 0.3) is 0 Å². The van der Waals surface area contributed by atoms with Crippen LogP contribution in [0.3, 0.4) is 0 Å². The molecular weight excluding hydrogens is 665 g/mol. The van der Waals surface area contributed by atoms with E-state index in [1.165, 1.54) is 0 Å². The molecule has 0 unspecified atom stereocenters. The molecule has 1 aliphatic heterocycles. The molecule has 0 aromatic heterocycles. The van der Waals surface area contributed by atoms with Crippen molar-refractivity contribution < 1.29 is 14.3 Å². The van der Waals surface area contributed by atoms with Crippen LogP contribution in [-0.4, -0.2) is 42.5 Å². The van der Waals surface area contributed by atoms with Crippen LogP contribution in [0.5, 0.6) is 0 Å². The lowest BCUT2D eigenvalue weighted by Gasteiger charge is -2.37. The molecule has 5 aromatic carbocycles. The van der Waals surface area contributed by atoms with Crippen LogP contribution < -0.4 is 21.1 Å². The van der Waals surface area contributed by atoms with E-state index in [2.05, 4.69) is 93.9 Å². The third-order valence-corrected chi connectivity index (χ3v) is 11.1. The van der Waals surface area contributed by atoms with Gasteiger partial charge in [-0.15, -0.1) is 11.8 Å². The Labute approximate surface area is 312 Å². The number of ether oxygens (including phenoxy) is 1. The molecule has 5 aromatic rings. The fraction of sp³-hybridized carbons (Fsp3) is 0.273. The van der Waals surface area contributed by atoms with Gasteiger partial charge >= 0.3 is 6.09 Å². The summed E-state index contributed by atoms with van der Waals surface area (Å²) in [7, 11) is 0. The third kappa shape index (κ3) is 8.35. The molecule has 52 heavy (non-hydrogen) atoms. The van der Waals surface area contributed by atoms with Crippen molar-refractivity contribution in [3.05, 3.63) is 166 Å². The van der Waals surface area contributed by atoms with Crippen LogP contribution in [0.15, 0.2) is 127 Å². The summed E-state index contributed by atoms with van der Waals surface area (Å²) in [6.07, 6.45) is 0.258. The fourth-order valence-electron chi connectivity index (χ4n) is 6.73. The number of aryl methyl sites for hydroxylation is 1. The van der Waals surface area contributed by atoms with Crippen molar-refractivity contribution in [2.45, 2.75) is 57.4 Å². The number of anilines is 2. The van der Waals surface area contributed by atoms with Crippen LogP contribution in [0, 0.1) is 13.8 Å². The second-order valence-electron chi connectivity index (χ2n) is 14.2. The van der Waals surface area contributed by atoms with E-state index in [0.29, 0.717) is 24.4 Å². The van der Waals surface area contributed by atoms with Crippen LogP contribution in [0.4, 0.5) is 16.2 Å². The molecule has 0 bridgehead atoms. The number of hydrazine groups is 1. The van der Waals surface area contributed by atoms with E-state index in [1.54, 1.807) is 11.8 Å². The first-order valence-electron chi connectivity index (χ1n) is 17.9. The number of rotatable bonds is 12. The number of thioether (sulfide) groups is 1. The SMILES string of the molecule is Cc1cccc(NC(=O)c2cccc3c2CCN3NC[C@H](CSC(c2ccccc2)(c2ccccc2)c2ccccc2)NC(=O)OC(C)(C)C)c1C. The van der Waals surface area contributed by atoms with E-state index < -0.39 is 16.4 Å². The topological polar surface area (TPSA) is 82.7 Å². The van der Waals surface area contributed by atoms with Gasteiger partial charge in [0.1, 0.15) is 5.60 Å². The van der Waals surface area contributed by atoms with Gasteiger partial charge in [-0.05, 0) is 92.6 Å². The number of benzene rings is 5. The van der Waals surface area contributed by atoms with Gasteiger partial charge in [-0.25, -0.2) is 10.2 Å². The van der Waals surface area contributed by atoms with Crippen molar-refractivity contribution in [2.24, 2.45) is 0 Å². The molecule has 2 amide bonds. The lowest BCUT2D eigenvalue weighted by atomic mass is 9.84. The van der Waals surface area contributed by atoms with E-state index in [9.17, 15) is 9.59 Å².